The molecule has 0 amide bonds. The Bertz CT molecular complexity index is 578. The number of likely N-dealkylation sites (N-methyl/N-ethyl adjacent to an activating group) is 1. The highest BCUT2D eigenvalue weighted by molar-refractivity contribution is 5.62. The van der Waals surface area contributed by atoms with Gasteiger partial charge in [0.1, 0.15) is 5.82 Å². The number of anilines is 1. The number of fused-ring (bicyclic) bond motifs is 1. The molecule has 0 radical (unpaired) electrons. The minimum Gasteiger partial charge on any atom is -0.367 e. The Kier molecular flexibility index (Phi) is 3.92. The van der Waals surface area contributed by atoms with Gasteiger partial charge in [0.05, 0.1) is 5.69 Å². The van der Waals surface area contributed by atoms with E-state index >= 15 is 0 Å². The molecule has 1 aromatic heterocycles. The predicted molar refractivity (Wildman–Crippen MR) is 81.9 cm³/mol. The fourth-order valence-corrected chi connectivity index (χ4v) is 2.63. The van der Waals surface area contributed by atoms with Crippen molar-refractivity contribution in [3.05, 3.63) is 41.5 Å². The largest absolute Gasteiger partial charge is 0.367 e. The lowest BCUT2D eigenvalue weighted by Crippen LogP contribution is -2.18. The molecule has 0 spiro atoms. The predicted octanol–water partition coefficient (Wildman–Crippen LogP) is 2.26. The third-order valence-electron chi connectivity index (χ3n) is 3.74. The molecular weight excluding hydrogens is 248 g/mol. The Labute approximate surface area is 119 Å². The number of hydrogen-bond donors (Lipinski definition) is 2. The van der Waals surface area contributed by atoms with Gasteiger partial charge in [-0.2, -0.15) is 0 Å². The molecule has 104 valence electrons. The highest BCUT2D eigenvalue weighted by Crippen LogP contribution is 2.27. The molecule has 0 fully saturated rings. The first-order valence-corrected chi connectivity index (χ1v) is 7.21. The Morgan fingerprint density at radius 3 is 2.70 bits per heavy atom. The van der Waals surface area contributed by atoms with Crippen molar-refractivity contribution in [2.45, 2.75) is 19.3 Å². The summed E-state index contributed by atoms with van der Waals surface area (Å²) in [5, 5.41) is 14.9. The Morgan fingerprint density at radius 2 is 1.90 bits per heavy atom. The quantitative estimate of drug-likeness (QED) is 0.817. The van der Waals surface area contributed by atoms with Gasteiger partial charge in [-0.1, -0.05) is 12.1 Å². The zero-order valence-electron chi connectivity index (χ0n) is 11.8. The molecule has 4 nitrogen and oxygen atoms in total. The van der Waals surface area contributed by atoms with E-state index in [4.69, 9.17) is 0 Å². The van der Waals surface area contributed by atoms with E-state index in [2.05, 4.69) is 39.0 Å². The summed E-state index contributed by atoms with van der Waals surface area (Å²) < 4.78 is 0. The number of aromatic nitrogens is 2. The van der Waals surface area contributed by atoms with E-state index in [-0.39, 0.29) is 0 Å². The first-order chi connectivity index (χ1) is 9.86. The van der Waals surface area contributed by atoms with Gasteiger partial charge < -0.3 is 10.6 Å². The third-order valence-corrected chi connectivity index (χ3v) is 3.74. The molecule has 2 N–H and O–H groups in total. The van der Waals surface area contributed by atoms with Gasteiger partial charge in [0.2, 0.25) is 0 Å². The summed E-state index contributed by atoms with van der Waals surface area (Å²) in [5.41, 5.74) is 5.08. The zero-order valence-corrected chi connectivity index (χ0v) is 11.8. The van der Waals surface area contributed by atoms with Crippen LogP contribution in [-0.4, -0.2) is 30.3 Å². The van der Waals surface area contributed by atoms with E-state index in [1.165, 1.54) is 36.0 Å². The average molecular weight is 268 g/mol. The van der Waals surface area contributed by atoms with Crippen molar-refractivity contribution < 1.29 is 0 Å². The molecule has 0 aliphatic heterocycles. The first-order valence-electron chi connectivity index (χ1n) is 7.21. The summed E-state index contributed by atoms with van der Waals surface area (Å²) in [6, 6.07) is 10.7. The van der Waals surface area contributed by atoms with Crippen molar-refractivity contribution in [1.29, 1.82) is 0 Å². The van der Waals surface area contributed by atoms with Gasteiger partial charge in [0.25, 0.3) is 0 Å². The molecule has 20 heavy (non-hydrogen) atoms. The molecule has 0 unspecified atom stereocenters. The fraction of sp³-hybridized carbons (Fsp3) is 0.375. The number of rotatable bonds is 5. The topological polar surface area (TPSA) is 49.8 Å². The monoisotopic (exact) mass is 268 g/mol. The van der Waals surface area contributed by atoms with Crippen LogP contribution in [0.3, 0.4) is 0 Å². The summed E-state index contributed by atoms with van der Waals surface area (Å²) in [4.78, 5) is 0. The molecule has 1 aliphatic rings. The van der Waals surface area contributed by atoms with Crippen LogP contribution in [-0.2, 0) is 12.8 Å². The number of hydrogen-bond acceptors (Lipinski definition) is 4. The van der Waals surface area contributed by atoms with Crippen molar-refractivity contribution >= 4 is 5.82 Å². The van der Waals surface area contributed by atoms with Crippen LogP contribution in [0, 0.1) is 0 Å². The standard InChI is InChI=1S/C16H20N4/c1-17-9-10-18-16-8-7-15(19-20-16)14-6-5-12-3-2-4-13(12)11-14/h5-8,11,17H,2-4,9-10H2,1H3,(H,18,20). The van der Waals surface area contributed by atoms with Crippen LogP contribution >= 0.6 is 0 Å². The van der Waals surface area contributed by atoms with Gasteiger partial charge >= 0.3 is 0 Å². The van der Waals surface area contributed by atoms with Gasteiger partial charge in [-0.25, -0.2) is 0 Å². The molecule has 0 saturated heterocycles. The molecule has 0 saturated carbocycles. The lowest BCUT2D eigenvalue weighted by atomic mass is 10.0. The van der Waals surface area contributed by atoms with E-state index in [0.717, 1.165) is 24.6 Å². The molecule has 2 aromatic rings. The SMILES string of the molecule is CNCCNc1ccc(-c2ccc3c(c2)CCC3)nn1. The van der Waals surface area contributed by atoms with Gasteiger partial charge in [0.15, 0.2) is 0 Å². The van der Waals surface area contributed by atoms with Crippen LogP contribution in [0.1, 0.15) is 17.5 Å². The molecule has 0 atom stereocenters. The molecule has 0 bridgehead atoms. The van der Waals surface area contributed by atoms with Gasteiger partial charge in [-0.15, -0.1) is 10.2 Å². The molecule has 4 heteroatoms. The van der Waals surface area contributed by atoms with Crippen LogP contribution in [0.25, 0.3) is 11.3 Å². The van der Waals surface area contributed by atoms with Crippen LogP contribution in [0.4, 0.5) is 5.82 Å². The van der Waals surface area contributed by atoms with Crippen LogP contribution in [0.15, 0.2) is 30.3 Å². The van der Waals surface area contributed by atoms with Crippen molar-refractivity contribution in [3.63, 3.8) is 0 Å². The number of aryl methyl sites for hydroxylation is 2. The Balaban J connectivity index is 1.74. The molecule has 1 aromatic carbocycles. The summed E-state index contributed by atoms with van der Waals surface area (Å²) in [7, 11) is 1.93. The second-order valence-corrected chi connectivity index (χ2v) is 5.17. The van der Waals surface area contributed by atoms with Crippen molar-refractivity contribution in [2.75, 3.05) is 25.5 Å². The maximum absolute atomic E-state index is 4.32. The van der Waals surface area contributed by atoms with Crippen molar-refractivity contribution in [2.24, 2.45) is 0 Å². The molecule has 3 rings (SSSR count). The van der Waals surface area contributed by atoms with E-state index < -0.39 is 0 Å². The van der Waals surface area contributed by atoms with E-state index in [0.29, 0.717) is 0 Å². The summed E-state index contributed by atoms with van der Waals surface area (Å²) in [5.74, 6) is 0.824. The minimum atomic E-state index is 0.824. The number of nitrogens with zero attached hydrogens (tertiary/aromatic N) is 2. The Hall–Kier alpha value is -1.94. The molecular formula is C16H20N4. The fourth-order valence-electron chi connectivity index (χ4n) is 2.63. The summed E-state index contributed by atoms with van der Waals surface area (Å²) >= 11 is 0. The minimum absolute atomic E-state index is 0.824. The Morgan fingerprint density at radius 1 is 1.00 bits per heavy atom. The highest BCUT2D eigenvalue weighted by Gasteiger charge is 2.12. The van der Waals surface area contributed by atoms with E-state index in [9.17, 15) is 0 Å². The second kappa shape index (κ2) is 6.01. The lowest BCUT2D eigenvalue weighted by molar-refractivity contribution is 0.818. The summed E-state index contributed by atoms with van der Waals surface area (Å²) in [6.45, 7) is 1.76. The second-order valence-electron chi connectivity index (χ2n) is 5.17. The normalized spacial score (nSPS) is 13.2. The lowest BCUT2D eigenvalue weighted by Gasteiger charge is -2.06. The van der Waals surface area contributed by atoms with Crippen molar-refractivity contribution in [3.8, 4) is 11.3 Å². The van der Waals surface area contributed by atoms with Gasteiger partial charge in [-0.3, -0.25) is 0 Å². The zero-order chi connectivity index (χ0) is 13.8. The van der Waals surface area contributed by atoms with Crippen LogP contribution in [0.2, 0.25) is 0 Å². The highest BCUT2D eigenvalue weighted by atomic mass is 15.2. The molecule has 1 aliphatic carbocycles. The summed E-state index contributed by atoms with van der Waals surface area (Å²) in [6.07, 6.45) is 3.69. The first kappa shape index (κ1) is 13.1. The smallest absolute Gasteiger partial charge is 0.148 e. The maximum Gasteiger partial charge on any atom is 0.148 e. The van der Waals surface area contributed by atoms with E-state index in [1.54, 1.807) is 0 Å². The maximum atomic E-state index is 4.32. The van der Waals surface area contributed by atoms with Crippen LogP contribution < -0.4 is 10.6 Å². The van der Waals surface area contributed by atoms with Crippen molar-refractivity contribution in [1.82, 2.24) is 15.5 Å². The number of nitrogens with one attached hydrogen (secondary N) is 2. The third kappa shape index (κ3) is 2.80. The molecule has 1 heterocycles. The number of benzene rings is 1. The van der Waals surface area contributed by atoms with E-state index in [1.807, 2.05) is 19.2 Å². The van der Waals surface area contributed by atoms with Gasteiger partial charge in [-0.05, 0) is 55.6 Å². The van der Waals surface area contributed by atoms with Crippen LogP contribution in [0.5, 0.6) is 0 Å². The van der Waals surface area contributed by atoms with Gasteiger partial charge in [0, 0.05) is 18.7 Å². The average Bonchev–Trinajstić information content (AvgIpc) is 2.96.